The molecular weight excluding hydrogens is 511 g/mol. The van der Waals surface area contributed by atoms with E-state index in [2.05, 4.69) is 54.6 Å². The Hall–Kier alpha value is -4.85. The van der Waals surface area contributed by atoms with Crippen molar-refractivity contribution in [3.05, 3.63) is 127 Å². The lowest BCUT2D eigenvalue weighted by Crippen LogP contribution is -2.35. The van der Waals surface area contributed by atoms with Crippen molar-refractivity contribution in [2.24, 2.45) is 0 Å². The molecule has 0 saturated carbocycles. The van der Waals surface area contributed by atoms with Gasteiger partial charge in [-0.2, -0.15) is 0 Å². The molecule has 0 aliphatic carbocycles. The van der Waals surface area contributed by atoms with Gasteiger partial charge in [0, 0.05) is 10.8 Å². The molecule has 0 saturated heterocycles. The van der Waals surface area contributed by atoms with E-state index in [4.69, 9.17) is 9.47 Å². The summed E-state index contributed by atoms with van der Waals surface area (Å²) in [4.78, 5) is 0. The third kappa shape index (κ3) is 2.82. The Morgan fingerprint density at radius 2 is 0.950 bits per heavy atom. The van der Waals surface area contributed by atoms with E-state index in [1.807, 2.05) is 72.8 Å². The van der Waals surface area contributed by atoms with Gasteiger partial charge < -0.3 is 14.0 Å². The highest BCUT2D eigenvalue weighted by Crippen LogP contribution is 2.60. The van der Waals surface area contributed by atoms with Crippen molar-refractivity contribution in [2.45, 2.75) is 0 Å². The van der Waals surface area contributed by atoms with Gasteiger partial charge in [0.1, 0.15) is 28.3 Å². The molecule has 2 heterocycles. The Bertz CT molecular complexity index is 2150. The average Bonchev–Trinajstić information content (AvgIpc) is 3.00. The summed E-state index contributed by atoms with van der Waals surface area (Å²) < 4.78 is 29.2. The minimum atomic E-state index is -3.33. The highest BCUT2D eigenvalue weighted by molar-refractivity contribution is 7.86. The molecule has 40 heavy (non-hydrogen) atoms. The minimum absolute atomic E-state index is 0.589. The normalized spacial score (nSPS) is 14.2. The summed E-state index contributed by atoms with van der Waals surface area (Å²) in [5.41, 5.74) is 2.04. The van der Waals surface area contributed by atoms with Crippen LogP contribution in [0.2, 0.25) is 0 Å². The van der Waals surface area contributed by atoms with Crippen LogP contribution < -0.4 is 25.4 Å². The van der Waals surface area contributed by atoms with Crippen molar-refractivity contribution in [3.63, 3.8) is 0 Å². The lowest BCUT2D eigenvalue weighted by Gasteiger charge is -2.35. The molecular formula is C36H21O3P. The number of hydrogen-bond acceptors (Lipinski definition) is 3. The van der Waals surface area contributed by atoms with E-state index in [9.17, 15) is 0 Å². The molecule has 7 aromatic rings. The molecule has 0 spiro atoms. The molecule has 0 fully saturated rings. The summed E-state index contributed by atoms with van der Waals surface area (Å²) in [7, 11) is -3.33. The molecule has 2 aliphatic rings. The van der Waals surface area contributed by atoms with E-state index in [1.165, 1.54) is 0 Å². The van der Waals surface area contributed by atoms with Gasteiger partial charge in [-0.15, -0.1) is 0 Å². The first-order chi connectivity index (χ1) is 19.7. The summed E-state index contributed by atoms with van der Waals surface area (Å²) in [5.74, 6) is 2.50. The van der Waals surface area contributed by atoms with Crippen molar-refractivity contribution < 1.29 is 14.0 Å². The van der Waals surface area contributed by atoms with Gasteiger partial charge in [-0.1, -0.05) is 103 Å². The van der Waals surface area contributed by atoms with E-state index in [0.717, 1.165) is 54.1 Å². The second-order valence-corrected chi connectivity index (χ2v) is 13.1. The average molecular weight is 533 g/mol. The molecule has 9 rings (SSSR count). The predicted molar refractivity (Wildman–Crippen MR) is 164 cm³/mol. The molecule has 0 unspecified atom stereocenters. The van der Waals surface area contributed by atoms with Crippen LogP contribution in [0.25, 0.3) is 43.4 Å². The highest BCUT2D eigenvalue weighted by atomic mass is 31.2. The Balaban J connectivity index is 1.41. The zero-order chi connectivity index (χ0) is 26.4. The summed E-state index contributed by atoms with van der Waals surface area (Å²) in [6, 6.07) is 43.0. The maximum Gasteiger partial charge on any atom is 0.185 e. The van der Waals surface area contributed by atoms with Crippen LogP contribution in [0.4, 0.5) is 0 Å². The van der Waals surface area contributed by atoms with Crippen molar-refractivity contribution in [1.29, 1.82) is 0 Å². The maximum absolute atomic E-state index is 15.7. The van der Waals surface area contributed by atoms with Gasteiger partial charge in [0.05, 0.1) is 10.6 Å². The second kappa shape index (κ2) is 7.85. The van der Waals surface area contributed by atoms with Crippen LogP contribution >= 0.6 is 7.14 Å². The molecule has 0 bridgehead atoms. The Kier molecular flexibility index (Phi) is 4.32. The van der Waals surface area contributed by atoms with Gasteiger partial charge in [0.25, 0.3) is 0 Å². The van der Waals surface area contributed by atoms with E-state index in [0.29, 0.717) is 28.3 Å². The second-order valence-electron chi connectivity index (χ2n) is 10.4. The van der Waals surface area contributed by atoms with E-state index < -0.39 is 7.14 Å². The quantitative estimate of drug-likeness (QED) is 0.199. The number of fused-ring (bicyclic) bond motifs is 9. The van der Waals surface area contributed by atoms with Gasteiger partial charge in [-0.25, -0.2) is 0 Å². The summed E-state index contributed by atoms with van der Waals surface area (Å²) in [6.07, 6.45) is 0. The van der Waals surface area contributed by atoms with Crippen LogP contribution in [0.3, 0.4) is 0 Å². The smallest absolute Gasteiger partial charge is 0.185 e. The highest BCUT2D eigenvalue weighted by Gasteiger charge is 2.47. The summed E-state index contributed by atoms with van der Waals surface area (Å²) >= 11 is 0. The molecule has 0 atom stereocenters. The van der Waals surface area contributed by atoms with Crippen molar-refractivity contribution >= 4 is 55.4 Å². The predicted octanol–water partition coefficient (Wildman–Crippen LogP) is 8.66. The Morgan fingerprint density at radius 3 is 1.52 bits per heavy atom. The molecule has 2 aliphatic heterocycles. The van der Waals surface area contributed by atoms with E-state index >= 15 is 4.57 Å². The topological polar surface area (TPSA) is 35.5 Å². The maximum atomic E-state index is 15.7. The van der Waals surface area contributed by atoms with Crippen LogP contribution in [0, 0.1) is 0 Å². The lowest BCUT2D eigenvalue weighted by molar-refractivity contribution is 0.467. The minimum Gasteiger partial charge on any atom is -0.455 e. The van der Waals surface area contributed by atoms with Gasteiger partial charge >= 0.3 is 0 Å². The fourth-order valence-electron chi connectivity index (χ4n) is 6.44. The van der Waals surface area contributed by atoms with Crippen LogP contribution in [-0.4, -0.2) is 0 Å². The fraction of sp³-hybridized carbons (Fsp3) is 0. The van der Waals surface area contributed by atoms with Crippen LogP contribution in [0.15, 0.2) is 127 Å². The first-order valence-corrected chi connectivity index (χ1v) is 15.1. The van der Waals surface area contributed by atoms with Crippen molar-refractivity contribution in [2.75, 3.05) is 0 Å². The van der Waals surface area contributed by atoms with Crippen LogP contribution in [0.1, 0.15) is 0 Å². The zero-order valence-electron chi connectivity index (χ0n) is 21.3. The van der Waals surface area contributed by atoms with Crippen molar-refractivity contribution in [3.8, 4) is 34.1 Å². The van der Waals surface area contributed by atoms with E-state index in [-0.39, 0.29) is 0 Å². The first kappa shape index (κ1) is 22.0. The molecule has 188 valence electrons. The molecule has 0 aromatic heterocycles. The Labute approximate surface area is 230 Å². The first-order valence-electron chi connectivity index (χ1n) is 13.4. The zero-order valence-corrected chi connectivity index (χ0v) is 22.2. The lowest BCUT2D eigenvalue weighted by atomic mass is 9.98. The van der Waals surface area contributed by atoms with E-state index in [1.54, 1.807) is 0 Å². The van der Waals surface area contributed by atoms with Gasteiger partial charge in [0.15, 0.2) is 7.14 Å². The van der Waals surface area contributed by atoms with Crippen molar-refractivity contribution in [1.82, 2.24) is 0 Å². The van der Waals surface area contributed by atoms with Gasteiger partial charge in [0.2, 0.25) is 0 Å². The molecule has 0 amide bonds. The standard InChI is InChI=1S/C36H21O3P/c37-40-32-18-16-23-9-2-5-13-28(23)34(32)38-30-20-25(27-15-7-11-22-8-1-4-12-26(22)27)21-31(36(30)40)39-35-29-14-6-3-10-24(29)17-19-33(35)40/h1-21H. The van der Waals surface area contributed by atoms with Gasteiger partial charge in [-0.3, -0.25) is 0 Å². The molecule has 7 aromatic carbocycles. The van der Waals surface area contributed by atoms with Gasteiger partial charge in [-0.05, 0) is 56.9 Å². The fourth-order valence-corrected chi connectivity index (χ4v) is 9.50. The number of hydrogen-bond donors (Lipinski definition) is 0. The number of benzene rings is 7. The third-order valence-corrected chi connectivity index (χ3v) is 11.4. The van der Waals surface area contributed by atoms with Crippen LogP contribution in [-0.2, 0) is 4.57 Å². The third-order valence-electron chi connectivity index (χ3n) is 8.28. The Morgan fingerprint density at radius 1 is 0.475 bits per heavy atom. The molecule has 0 N–H and O–H groups in total. The molecule has 0 radical (unpaired) electrons. The molecule has 4 heteroatoms. The summed E-state index contributed by atoms with van der Waals surface area (Å²) in [6.45, 7) is 0. The molecule has 3 nitrogen and oxygen atoms in total. The number of ether oxygens (including phenoxy) is 2. The SMILES string of the molecule is O=P12c3ccc4ccccc4c3Oc3cc(-c4cccc5ccccc45)cc(c31)Oc1c2ccc2ccccc12. The van der Waals surface area contributed by atoms with Crippen LogP contribution in [0.5, 0.6) is 23.0 Å². The summed E-state index contributed by atoms with van der Waals surface area (Å²) in [5, 5.41) is 8.38. The largest absolute Gasteiger partial charge is 0.455 e. The monoisotopic (exact) mass is 532 g/mol. The number of rotatable bonds is 1.